The predicted molar refractivity (Wildman–Crippen MR) is 189 cm³/mol. The van der Waals surface area contributed by atoms with Crippen LogP contribution in [0.3, 0.4) is 0 Å². The predicted octanol–water partition coefficient (Wildman–Crippen LogP) is 6.38. The minimum absolute atomic E-state index is 0.190. The quantitative estimate of drug-likeness (QED) is 0.0381. The number of allylic oxidation sites excluding steroid dienone is 3. The lowest BCUT2D eigenvalue weighted by molar-refractivity contribution is -0.302. The van der Waals surface area contributed by atoms with E-state index in [1.807, 2.05) is 6.08 Å². The van der Waals surface area contributed by atoms with Crippen LogP contribution in [0.1, 0.15) is 155 Å². The molecule has 0 spiro atoms. The molecule has 9 nitrogen and oxygen atoms in total. The number of nitrogens with one attached hydrogen (secondary N) is 1. The molecule has 1 fully saturated rings. The molecule has 1 aliphatic rings. The second-order valence-corrected chi connectivity index (χ2v) is 13.4. The van der Waals surface area contributed by atoms with Crippen molar-refractivity contribution in [2.75, 3.05) is 13.2 Å². The van der Waals surface area contributed by atoms with Crippen LogP contribution in [0.4, 0.5) is 0 Å². The van der Waals surface area contributed by atoms with Crippen molar-refractivity contribution in [2.24, 2.45) is 0 Å². The zero-order chi connectivity index (χ0) is 34.5. The number of aliphatic hydroxyl groups is 5. The molecule has 7 atom stereocenters. The summed E-state index contributed by atoms with van der Waals surface area (Å²) in [4.78, 5) is 12.8. The summed E-state index contributed by atoms with van der Waals surface area (Å²) in [5.41, 5.74) is 0. The van der Waals surface area contributed by atoms with Gasteiger partial charge in [0.05, 0.1) is 25.4 Å². The van der Waals surface area contributed by atoms with E-state index in [1.54, 1.807) is 6.08 Å². The van der Waals surface area contributed by atoms with Gasteiger partial charge in [-0.2, -0.15) is 0 Å². The van der Waals surface area contributed by atoms with Crippen LogP contribution < -0.4 is 5.32 Å². The van der Waals surface area contributed by atoms with E-state index >= 15 is 0 Å². The van der Waals surface area contributed by atoms with Crippen molar-refractivity contribution in [3.8, 4) is 0 Å². The maximum atomic E-state index is 12.8. The number of amides is 1. The molecule has 276 valence electrons. The van der Waals surface area contributed by atoms with Crippen molar-refractivity contribution >= 4 is 5.91 Å². The van der Waals surface area contributed by atoms with Crippen LogP contribution in [0, 0.1) is 0 Å². The maximum Gasteiger partial charge on any atom is 0.220 e. The first-order chi connectivity index (χ1) is 22.8. The number of aliphatic hydroxyl groups excluding tert-OH is 5. The number of hydrogen-bond acceptors (Lipinski definition) is 8. The Labute approximate surface area is 286 Å². The summed E-state index contributed by atoms with van der Waals surface area (Å²) in [6.45, 7) is 3.69. The van der Waals surface area contributed by atoms with Gasteiger partial charge in [-0.25, -0.2) is 0 Å². The average Bonchev–Trinajstić information content (AvgIpc) is 3.07. The molecule has 1 aliphatic heterocycles. The zero-order valence-electron chi connectivity index (χ0n) is 29.8. The number of unbranched alkanes of at least 4 members (excludes halogenated alkanes) is 18. The highest BCUT2D eigenvalue weighted by Crippen LogP contribution is 2.22. The van der Waals surface area contributed by atoms with E-state index < -0.39 is 49.5 Å². The number of rotatable bonds is 30. The lowest BCUT2D eigenvalue weighted by atomic mass is 9.99. The van der Waals surface area contributed by atoms with Crippen LogP contribution in [-0.2, 0) is 14.3 Å². The highest BCUT2D eigenvalue weighted by atomic mass is 16.7. The third-order valence-electron chi connectivity index (χ3n) is 9.03. The molecule has 0 aromatic rings. The van der Waals surface area contributed by atoms with Gasteiger partial charge in [-0.1, -0.05) is 141 Å². The number of carbonyl (C=O) groups excluding carboxylic acids is 1. The van der Waals surface area contributed by atoms with E-state index in [0.717, 1.165) is 38.5 Å². The second kappa shape index (κ2) is 29.6. The van der Waals surface area contributed by atoms with Gasteiger partial charge in [0.25, 0.3) is 0 Å². The van der Waals surface area contributed by atoms with Crippen molar-refractivity contribution in [3.05, 3.63) is 24.3 Å². The number of carbonyl (C=O) groups is 1. The minimum Gasteiger partial charge on any atom is -0.394 e. The van der Waals surface area contributed by atoms with Crippen molar-refractivity contribution in [3.63, 3.8) is 0 Å². The number of hydrogen-bond donors (Lipinski definition) is 6. The summed E-state index contributed by atoms with van der Waals surface area (Å²) >= 11 is 0. The Hall–Kier alpha value is -1.33. The molecule has 1 rings (SSSR count). The topological polar surface area (TPSA) is 149 Å². The van der Waals surface area contributed by atoms with E-state index in [9.17, 15) is 30.3 Å². The first kappa shape index (κ1) is 43.7. The molecule has 1 saturated heterocycles. The standard InChI is InChI=1S/C38H71NO8/c1-3-5-7-9-11-13-15-16-17-18-20-22-24-26-28-34(42)39-31(30-46-38-37(45)36(44)35(43)33(29-40)47-38)32(41)27-25-23-21-19-14-12-10-8-6-4-2/h14,19,25,27,31-33,35-38,40-41,43-45H,3-13,15-18,20-24,26,28-30H2,1-2H3,(H,39,42)/b19-14+,27-25+/t31-,32+,33-,35-,36?,37?,38-/m0/s1. The fourth-order valence-electron chi connectivity index (χ4n) is 5.88. The Morgan fingerprint density at radius 3 is 1.79 bits per heavy atom. The molecule has 9 heteroatoms. The van der Waals surface area contributed by atoms with Crippen molar-refractivity contribution in [1.82, 2.24) is 5.32 Å². The molecular formula is C38H71NO8. The van der Waals surface area contributed by atoms with E-state index in [2.05, 4.69) is 31.3 Å². The summed E-state index contributed by atoms with van der Waals surface area (Å²) in [5.74, 6) is -0.190. The first-order valence-corrected chi connectivity index (χ1v) is 19.1. The maximum absolute atomic E-state index is 12.8. The van der Waals surface area contributed by atoms with Crippen LogP contribution in [-0.4, -0.2) is 87.5 Å². The van der Waals surface area contributed by atoms with Crippen molar-refractivity contribution in [2.45, 2.75) is 198 Å². The molecule has 47 heavy (non-hydrogen) atoms. The molecule has 0 aliphatic carbocycles. The molecule has 0 aromatic carbocycles. The fraction of sp³-hybridized carbons (Fsp3) is 0.868. The van der Waals surface area contributed by atoms with Gasteiger partial charge in [0, 0.05) is 6.42 Å². The second-order valence-electron chi connectivity index (χ2n) is 13.4. The molecule has 0 aromatic heterocycles. The van der Waals surface area contributed by atoms with Crippen molar-refractivity contribution < 1.29 is 39.8 Å². The van der Waals surface area contributed by atoms with Crippen LogP contribution >= 0.6 is 0 Å². The smallest absolute Gasteiger partial charge is 0.220 e. The summed E-state index contributed by atoms with van der Waals surface area (Å²) in [7, 11) is 0. The Morgan fingerprint density at radius 1 is 0.702 bits per heavy atom. The highest BCUT2D eigenvalue weighted by molar-refractivity contribution is 5.76. The molecule has 0 saturated carbocycles. The third kappa shape index (κ3) is 21.4. The van der Waals surface area contributed by atoms with Crippen molar-refractivity contribution in [1.29, 1.82) is 0 Å². The Balaban J connectivity index is 2.46. The molecule has 0 radical (unpaired) electrons. The summed E-state index contributed by atoms with van der Waals surface area (Å²) in [6.07, 6.45) is 25.1. The minimum atomic E-state index is -1.57. The molecule has 6 N–H and O–H groups in total. The monoisotopic (exact) mass is 670 g/mol. The fourth-order valence-corrected chi connectivity index (χ4v) is 5.88. The Bertz CT molecular complexity index is 792. The average molecular weight is 670 g/mol. The molecule has 1 amide bonds. The Kier molecular flexibility index (Phi) is 27.5. The molecule has 1 heterocycles. The van der Waals surface area contributed by atoms with Gasteiger partial charge in [-0.05, 0) is 32.1 Å². The van der Waals surface area contributed by atoms with Gasteiger partial charge >= 0.3 is 0 Å². The molecule has 2 unspecified atom stereocenters. The van der Waals surface area contributed by atoms with Crippen LogP contribution in [0.2, 0.25) is 0 Å². The summed E-state index contributed by atoms with van der Waals surface area (Å²) in [5, 5.41) is 53.8. The molecular weight excluding hydrogens is 598 g/mol. The SMILES string of the molecule is CCCCCC/C=C/CC/C=C/[C@@H](O)[C@H](CO[C@H]1O[C@@H](CO)[C@H](O)C(O)C1O)NC(=O)CCCCCCCCCCCCCCCC. The van der Waals surface area contributed by atoms with Crippen LogP contribution in [0.25, 0.3) is 0 Å². The van der Waals surface area contributed by atoms with Gasteiger partial charge < -0.3 is 40.3 Å². The summed E-state index contributed by atoms with van der Waals surface area (Å²) in [6, 6.07) is -0.813. The van der Waals surface area contributed by atoms with E-state index in [4.69, 9.17) is 9.47 Å². The van der Waals surface area contributed by atoms with Crippen LogP contribution in [0.5, 0.6) is 0 Å². The zero-order valence-corrected chi connectivity index (χ0v) is 29.8. The first-order valence-electron chi connectivity index (χ1n) is 19.1. The van der Waals surface area contributed by atoms with E-state index in [-0.39, 0.29) is 12.5 Å². The van der Waals surface area contributed by atoms with Gasteiger partial charge in [-0.3, -0.25) is 4.79 Å². The van der Waals surface area contributed by atoms with Gasteiger partial charge in [0.2, 0.25) is 5.91 Å². The number of ether oxygens (including phenoxy) is 2. The van der Waals surface area contributed by atoms with Gasteiger partial charge in [0.1, 0.15) is 24.4 Å². The largest absolute Gasteiger partial charge is 0.394 e. The van der Waals surface area contributed by atoms with Crippen LogP contribution in [0.15, 0.2) is 24.3 Å². The van der Waals surface area contributed by atoms with E-state index in [0.29, 0.717) is 6.42 Å². The van der Waals surface area contributed by atoms with Gasteiger partial charge in [-0.15, -0.1) is 0 Å². The lowest BCUT2D eigenvalue weighted by Gasteiger charge is -2.40. The Morgan fingerprint density at radius 2 is 1.21 bits per heavy atom. The normalized spacial score (nSPS) is 23.1. The van der Waals surface area contributed by atoms with Gasteiger partial charge in [0.15, 0.2) is 6.29 Å². The third-order valence-corrected chi connectivity index (χ3v) is 9.03. The molecule has 0 bridgehead atoms. The lowest BCUT2D eigenvalue weighted by Crippen LogP contribution is -2.60. The van der Waals surface area contributed by atoms with E-state index in [1.165, 1.54) is 96.3 Å². The summed E-state index contributed by atoms with van der Waals surface area (Å²) < 4.78 is 11.1. The highest BCUT2D eigenvalue weighted by Gasteiger charge is 2.44.